The van der Waals surface area contributed by atoms with E-state index in [2.05, 4.69) is 10.9 Å². The molecule has 0 saturated heterocycles. The molecule has 0 aliphatic rings. The molecule has 0 unspecified atom stereocenters. The van der Waals surface area contributed by atoms with E-state index in [1.54, 1.807) is 55.6 Å². The lowest BCUT2D eigenvalue weighted by atomic mass is 10.2. The summed E-state index contributed by atoms with van der Waals surface area (Å²) >= 11 is 5.75. The summed E-state index contributed by atoms with van der Waals surface area (Å²) in [5.74, 6) is 0.666. The molecule has 0 radical (unpaired) electrons. The summed E-state index contributed by atoms with van der Waals surface area (Å²) in [4.78, 5) is 23.1. The van der Waals surface area contributed by atoms with Crippen molar-refractivity contribution in [3.63, 3.8) is 0 Å². The van der Waals surface area contributed by atoms with Gasteiger partial charge >= 0.3 is 6.09 Å². The van der Waals surface area contributed by atoms with Crippen LogP contribution in [0.2, 0.25) is 5.02 Å². The van der Waals surface area contributed by atoms with Crippen molar-refractivity contribution in [3.05, 3.63) is 59.1 Å². The Kier molecular flexibility index (Phi) is 6.91. The Morgan fingerprint density at radius 1 is 0.960 bits per heavy atom. The quantitative estimate of drug-likeness (QED) is 0.770. The maximum atomic E-state index is 11.6. The fourth-order valence-corrected chi connectivity index (χ4v) is 1.87. The highest BCUT2D eigenvalue weighted by atomic mass is 35.5. The molecule has 0 aliphatic carbocycles. The molecule has 2 aromatic carbocycles. The van der Waals surface area contributed by atoms with Crippen LogP contribution < -0.4 is 20.3 Å². The summed E-state index contributed by atoms with van der Waals surface area (Å²) in [7, 11) is 1.57. The predicted octanol–water partition coefficient (Wildman–Crippen LogP) is 2.69. The molecular formula is C17H17ClN2O5. The molecule has 2 rings (SSSR count). The minimum absolute atomic E-state index is 0.0625. The lowest BCUT2D eigenvalue weighted by Gasteiger charge is -2.09. The number of amides is 2. The maximum Gasteiger partial charge on any atom is 0.426 e. The van der Waals surface area contributed by atoms with Gasteiger partial charge in [0, 0.05) is 5.02 Å². The number of hydrogen-bond acceptors (Lipinski definition) is 5. The first-order valence-electron chi connectivity index (χ1n) is 7.30. The topological polar surface area (TPSA) is 85.9 Å². The van der Waals surface area contributed by atoms with Crippen molar-refractivity contribution in [1.29, 1.82) is 0 Å². The highest BCUT2D eigenvalue weighted by Crippen LogP contribution is 2.15. The summed E-state index contributed by atoms with van der Waals surface area (Å²) < 4.78 is 15.2. The van der Waals surface area contributed by atoms with Gasteiger partial charge in [-0.25, -0.2) is 10.2 Å². The largest absolute Gasteiger partial charge is 0.497 e. The summed E-state index contributed by atoms with van der Waals surface area (Å²) in [6, 6.07) is 13.6. The van der Waals surface area contributed by atoms with Crippen LogP contribution in [0.4, 0.5) is 4.79 Å². The van der Waals surface area contributed by atoms with E-state index in [-0.39, 0.29) is 13.2 Å². The number of ether oxygens (including phenoxy) is 3. The number of carbonyl (C=O) groups is 2. The van der Waals surface area contributed by atoms with Crippen LogP contribution in [0.25, 0.3) is 0 Å². The minimum atomic E-state index is -0.782. The SMILES string of the molecule is COc1ccc(COC(=O)NNC(=O)COc2ccc(Cl)cc2)cc1. The number of rotatable bonds is 6. The van der Waals surface area contributed by atoms with E-state index in [0.717, 1.165) is 5.56 Å². The molecular weight excluding hydrogens is 348 g/mol. The number of methoxy groups -OCH3 is 1. The molecule has 7 nitrogen and oxygen atoms in total. The van der Waals surface area contributed by atoms with Crippen molar-refractivity contribution in [3.8, 4) is 11.5 Å². The number of hydrogen-bond donors (Lipinski definition) is 2. The number of halogens is 1. The fourth-order valence-electron chi connectivity index (χ4n) is 1.74. The minimum Gasteiger partial charge on any atom is -0.497 e. The first kappa shape index (κ1) is 18.4. The smallest absolute Gasteiger partial charge is 0.426 e. The molecule has 0 atom stereocenters. The zero-order chi connectivity index (χ0) is 18.1. The second-order valence-corrected chi connectivity index (χ2v) is 5.28. The van der Waals surface area contributed by atoms with E-state index in [4.69, 9.17) is 25.8 Å². The second-order valence-electron chi connectivity index (χ2n) is 4.84. The molecule has 0 saturated carbocycles. The van der Waals surface area contributed by atoms with Crippen LogP contribution in [-0.2, 0) is 16.1 Å². The van der Waals surface area contributed by atoms with Crippen molar-refractivity contribution in [1.82, 2.24) is 10.9 Å². The van der Waals surface area contributed by atoms with Crippen LogP contribution in [0.1, 0.15) is 5.56 Å². The molecule has 2 aromatic rings. The highest BCUT2D eigenvalue weighted by molar-refractivity contribution is 6.30. The van der Waals surface area contributed by atoms with E-state index in [9.17, 15) is 9.59 Å². The lowest BCUT2D eigenvalue weighted by molar-refractivity contribution is -0.124. The molecule has 2 N–H and O–H groups in total. The molecule has 0 fully saturated rings. The summed E-state index contributed by atoms with van der Waals surface area (Å²) in [6.07, 6.45) is -0.782. The van der Waals surface area contributed by atoms with Crippen LogP contribution in [0.15, 0.2) is 48.5 Å². The van der Waals surface area contributed by atoms with Crippen molar-refractivity contribution in [2.24, 2.45) is 0 Å². The summed E-state index contributed by atoms with van der Waals surface area (Å²) in [5.41, 5.74) is 5.10. The Hall–Kier alpha value is -2.93. The fraction of sp³-hybridized carbons (Fsp3) is 0.176. The molecule has 0 aromatic heterocycles. The van der Waals surface area contributed by atoms with Gasteiger partial charge in [0.25, 0.3) is 5.91 Å². The first-order chi connectivity index (χ1) is 12.1. The zero-order valence-electron chi connectivity index (χ0n) is 13.5. The summed E-state index contributed by atoms with van der Waals surface area (Å²) in [5, 5.41) is 0.568. The van der Waals surface area contributed by atoms with Gasteiger partial charge in [0.15, 0.2) is 6.61 Å². The van der Waals surface area contributed by atoms with Gasteiger partial charge in [-0.05, 0) is 42.0 Å². The standard InChI is InChI=1S/C17H17ClN2O5/c1-23-14-6-2-12(3-7-14)10-25-17(22)20-19-16(21)11-24-15-8-4-13(18)5-9-15/h2-9H,10-11H2,1H3,(H,19,21)(H,20,22). The third kappa shape index (κ3) is 6.60. The van der Waals surface area contributed by atoms with Gasteiger partial charge in [-0.1, -0.05) is 23.7 Å². The Morgan fingerprint density at radius 2 is 1.60 bits per heavy atom. The second kappa shape index (κ2) is 9.39. The van der Waals surface area contributed by atoms with Crippen molar-refractivity contribution >= 4 is 23.6 Å². The van der Waals surface area contributed by atoms with E-state index < -0.39 is 12.0 Å². The zero-order valence-corrected chi connectivity index (χ0v) is 14.2. The average Bonchev–Trinajstić information content (AvgIpc) is 2.64. The van der Waals surface area contributed by atoms with Crippen LogP contribution in [-0.4, -0.2) is 25.7 Å². The monoisotopic (exact) mass is 364 g/mol. The Balaban J connectivity index is 1.64. The van der Waals surface area contributed by atoms with E-state index >= 15 is 0 Å². The Labute approximate surface area is 149 Å². The van der Waals surface area contributed by atoms with Gasteiger partial charge in [-0.15, -0.1) is 0 Å². The van der Waals surface area contributed by atoms with Gasteiger partial charge in [0.1, 0.15) is 18.1 Å². The van der Waals surface area contributed by atoms with Crippen LogP contribution >= 0.6 is 11.6 Å². The van der Waals surface area contributed by atoms with Crippen molar-refractivity contribution in [2.75, 3.05) is 13.7 Å². The number of nitrogens with one attached hydrogen (secondary N) is 2. The number of benzene rings is 2. The van der Waals surface area contributed by atoms with Crippen molar-refractivity contribution in [2.45, 2.75) is 6.61 Å². The van der Waals surface area contributed by atoms with E-state index in [1.165, 1.54) is 0 Å². The van der Waals surface area contributed by atoms with Crippen LogP contribution in [0.5, 0.6) is 11.5 Å². The highest BCUT2D eigenvalue weighted by Gasteiger charge is 2.07. The van der Waals surface area contributed by atoms with Gasteiger partial charge in [0.2, 0.25) is 0 Å². The molecule has 0 aliphatic heterocycles. The van der Waals surface area contributed by atoms with Crippen LogP contribution in [0, 0.1) is 0 Å². The first-order valence-corrected chi connectivity index (χ1v) is 7.67. The lowest BCUT2D eigenvalue weighted by Crippen LogP contribution is -2.44. The van der Waals surface area contributed by atoms with Crippen molar-refractivity contribution < 1.29 is 23.8 Å². The molecule has 132 valence electrons. The molecule has 0 spiro atoms. The van der Waals surface area contributed by atoms with Gasteiger partial charge < -0.3 is 14.2 Å². The van der Waals surface area contributed by atoms with E-state index in [1.807, 2.05) is 0 Å². The Morgan fingerprint density at radius 3 is 2.24 bits per heavy atom. The molecule has 0 bridgehead atoms. The number of hydrazine groups is 1. The maximum absolute atomic E-state index is 11.6. The van der Waals surface area contributed by atoms with Gasteiger partial charge in [-0.2, -0.15) is 0 Å². The molecule has 0 heterocycles. The normalized spacial score (nSPS) is 9.84. The van der Waals surface area contributed by atoms with E-state index in [0.29, 0.717) is 16.5 Å². The van der Waals surface area contributed by atoms with Crippen LogP contribution in [0.3, 0.4) is 0 Å². The Bertz CT molecular complexity index is 704. The number of carbonyl (C=O) groups excluding carboxylic acids is 2. The third-order valence-corrected chi connectivity index (χ3v) is 3.27. The summed E-state index contributed by atoms with van der Waals surface area (Å²) in [6.45, 7) is -0.201. The van der Waals surface area contributed by atoms with Gasteiger partial charge in [0.05, 0.1) is 7.11 Å². The molecule has 8 heteroatoms. The molecule has 25 heavy (non-hydrogen) atoms. The molecule has 2 amide bonds. The average molecular weight is 365 g/mol. The van der Waals surface area contributed by atoms with Gasteiger partial charge in [-0.3, -0.25) is 10.2 Å². The third-order valence-electron chi connectivity index (χ3n) is 3.02. The predicted molar refractivity (Wildman–Crippen MR) is 91.4 cm³/mol.